The topological polar surface area (TPSA) is 12.0 Å². The summed E-state index contributed by atoms with van der Waals surface area (Å²) in [7, 11) is 0. The molecule has 0 spiro atoms. The third-order valence-corrected chi connectivity index (χ3v) is 3.08. The zero-order valence-electron chi connectivity index (χ0n) is 10.5. The number of rotatable bonds is 7. The number of unbranched alkanes of at least 4 members (excludes halogenated alkanes) is 1. The van der Waals surface area contributed by atoms with E-state index in [1.807, 2.05) is 36.4 Å². The van der Waals surface area contributed by atoms with E-state index in [-0.39, 0.29) is 0 Å². The van der Waals surface area contributed by atoms with Gasteiger partial charge in [-0.1, -0.05) is 68.4 Å². The molecule has 1 nitrogen and oxygen atoms in total. The van der Waals surface area contributed by atoms with E-state index >= 15 is 0 Å². The third kappa shape index (κ3) is 5.14. The molecule has 1 unspecified atom stereocenters. The van der Waals surface area contributed by atoms with Crippen molar-refractivity contribution in [2.45, 2.75) is 38.6 Å². The normalized spacial score (nSPS) is 11.8. The molecule has 2 heteroatoms. The van der Waals surface area contributed by atoms with Gasteiger partial charge in [0.25, 0.3) is 0 Å². The molecular formula is C15H21NS. The Balaban J connectivity index is 2.54. The first-order chi connectivity index (χ1) is 8.27. The van der Waals surface area contributed by atoms with Crippen LogP contribution in [0.2, 0.25) is 0 Å². The lowest BCUT2D eigenvalue weighted by Crippen LogP contribution is -2.33. The highest BCUT2D eigenvalue weighted by molar-refractivity contribution is 7.80. The largest absolute Gasteiger partial charge is 0.373 e. The van der Waals surface area contributed by atoms with Crippen LogP contribution in [0, 0.1) is 0 Å². The van der Waals surface area contributed by atoms with Gasteiger partial charge in [-0.3, -0.25) is 0 Å². The molecule has 0 fully saturated rings. The molecule has 1 rings (SSSR count). The number of thiocarbonyl (C=S) groups is 1. The minimum absolute atomic E-state index is 0.417. The molecule has 1 atom stereocenters. The summed E-state index contributed by atoms with van der Waals surface area (Å²) < 4.78 is 0. The minimum Gasteiger partial charge on any atom is -0.373 e. The van der Waals surface area contributed by atoms with Crippen LogP contribution in [0.25, 0.3) is 0 Å². The highest BCUT2D eigenvalue weighted by atomic mass is 32.1. The maximum Gasteiger partial charge on any atom is 0.106 e. The van der Waals surface area contributed by atoms with Crippen molar-refractivity contribution in [1.29, 1.82) is 0 Å². The molecular weight excluding hydrogens is 226 g/mol. The number of hydrogen-bond donors (Lipinski definition) is 1. The van der Waals surface area contributed by atoms with Crippen LogP contribution in [0.3, 0.4) is 0 Å². The summed E-state index contributed by atoms with van der Waals surface area (Å²) in [6.45, 7) is 6.01. The van der Waals surface area contributed by atoms with Gasteiger partial charge < -0.3 is 5.32 Å². The Morgan fingerprint density at radius 3 is 2.71 bits per heavy atom. The molecule has 0 aliphatic rings. The molecule has 0 heterocycles. The summed E-state index contributed by atoms with van der Waals surface area (Å²) in [4.78, 5) is 0.841. The lowest BCUT2D eigenvalue weighted by atomic mass is 10.1. The van der Waals surface area contributed by atoms with E-state index in [9.17, 15) is 0 Å². The monoisotopic (exact) mass is 247 g/mol. The molecule has 0 aromatic heterocycles. The standard InChI is InChI=1S/C15H21NS/c1-3-5-12-14(9-4-2)16-15(17)13-10-7-6-8-11-13/h4,6-8,10-11,14H,2-3,5,9,12H2,1H3,(H,16,17). The van der Waals surface area contributed by atoms with E-state index in [1.165, 1.54) is 12.8 Å². The van der Waals surface area contributed by atoms with Gasteiger partial charge in [0, 0.05) is 11.6 Å². The Hall–Kier alpha value is -1.15. The van der Waals surface area contributed by atoms with E-state index in [2.05, 4.69) is 18.8 Å². The van der Waals surface area contributed by atoms with Crippen LogP contribution in [-0.2, 0) is 0 Å². The van der Waals surface area contributed by atoms with Crippen molar-refractivity contribution in [1.82, 2.24) is 5.32 Å². The van der Waals surface area contributed by atoms with Crippen LogP contribution in [-0.4, -0.2) is 11.0 Å². The van der Waals surface area contributed by atoms with Crippen molar-refractivity contribution in [3.63, 3.8) is 0 Å². The van der Waals surface area contributed by atoms with Crippen LogP contribution in [0.15, 0.2) is 43.0 Å². The third-order valence-electron chi connectivity index (χ3n) is 2.73. The van der Waals surface area contributed by atoms with Gasteiger partial charge in [0.15, 0.2) is 0 Å². The molecule has 0 bridgehead atoms. The van der Waals surface area contributed by atoms with Gasteiger partial charge in [-0.15, -0.1) is 6.58 Å². The maximum absolute atomic E-state index is 5.42. The van der Waals surface area contributed by atoms with Crippen LogP contribution in [0.1, 0.15) is 38.2 Å². The van der Waals surface area contributed by atoms with E-state index in [4.69, 9.17) is 12.2 Å². The zero-order valence-corrected chi connectivity index (χ0v) is 11.3. The predicted octanol–water partition coefficient (Wildman–Crippen LogP) is 4.09. The van der Waals surface area contributed by atoms with Crippen molar-refractivity contribution in [3.05, 3.63) is 48.6 Å². The molecule has 0 saturated carbocycles. The first-order valence-corrected chi connectivity index (χ1v) is 6.65. The fourth-order valence-corrected chi connectivity index (χ4v) is 2.06. The Labute approximate surface area is 110 Å². The lowest BCUT2D eigenvalue weighted by molar-refractivity contribution is 0.540. The van der Waals surface area contributed by atoms with Gasteiger partial charge in [0.1, 0.15) is 4.99 Å². The Kier molecular flexibility index (Phi) is 6.56. The van der Waals surface area contributed by atoms with Gasteiger partial charge in [0.05, 0.1) is 0 Å². The summed E-state index contributed by atoms with van der Waals surface area (Å²) >= 11 is 5.42. The number of hydrogen-bond acceptors (Lipinski definition) is 1. The SMILES string of the molecule is C=CCC(CCCC)NC(=S)c1ccccc1. The second kappa shape index (κ2) is 8.02. The van der Waals surface area contributed by atoms with Crippen molar-refractivity contribution in [3.8, 4) is 0 Å². The molecule has 0 aliphatic heterocycles. The molecule has 1 N–H and O–H groups in total. The first kappa shape index (κ1) is 13.9. The van der Waals surface area contributed by atoms with Gasteiger partial charge in [-0.2, -0.15) is 0 Å². The average Bonchev–Trinajstić information content (AvgIpc) is 2.37. The smallest absolute Gasteiger partial charge is 0.106 e. The molecule has 1 aromatic carbocycles. The van der Waals surface area contributed by atoms with Crippen LogP contribution >= 0.6 is 12.2 Å². The highest BCUT2D eigenvalue weighted by Gasteiger charge is 2.08. The van der Waals surface area contributed by atoms with Crippen LogP contribution in [0.5, 0.6) is 0 Å². The summed E-state index contributed by atoms with van der Waals surface area (Å²) in [5.74, 6) is 0. The average molecular weight is 247 g/mol. The lowest BCUT2D eigenvalue weighted by Gasteiger charge is -2.18. The number of nitrogens with one attached hydrogen (secondary N) is 1. The minimum atomic E-state index is 0.417. The summed E-state index contributed by atoms with van der Waals surface area (Å²) in [5.41, 5.74) is 1.09. The molecule has 92 valence electrons. The first-order valence-electron chi connectivity index (χ1n) is 6.24. The Morgan fingerprint density at radius 1 is 1.41 bits per heavy atom. The Morgan fingerprint density at radius 2 is 2.12 bits per heavy atom. The maximum atomic E-state index is 5.42. The van der Waals surface area contributed by atoms with Gasteiger partial charge >= 0.3 is 0 Å². The van der Waals surface area contributed by atoms with Crippen molar-refractivity contribution >= 4 is 17.2 Å². The van der Waals surface area contributed by atoms with Gasteiger partial charge in [0.2, 0.25) is 0 Å². The van der Waals surface area contributed by atoms with Crippen molar-refractivity contribution in [2.24, 2.45) is 0 Å². The van der Waals surface area contributed by atoms with Gasteiger partial charge in [-0.25, -0.2) is 0 Å². The summed E-state index contributed by atoms with van der Waals surface area (Å²) in [6, 6.07) is 10.5. The van der Waals surface area contributed by atoms with Crippen molar-refractivity contribution < 1.29 is 0 Å². The van der Waals surface area contributed by atoms with E-state index in [0.29, 0.717) is 6.04 Å². The van der Waals surface area contributed by atoms with Gasteiger partial charge in [-0.05, 0) is 12.8 Å². The zero-order chi connectivity index (χ0) is 12.5. The molecule has 0 radical (unpaired) electrons. The Bertz CT molecular complexity index is 345. The van der Waals surface area contributed by atoms with E-state index in [0.717, 1.165) is 23.4 Å². The van der Waals surface area contributed by atoms with Crippen molar-refractivity contribution in [2.75, 3.05) is 0 Å². The fourth-order valence-electron chi connectivity index (χ4n) is 1.76. The van der Waals surface area contributed by atoms with Crippen LogP contribution in [0.4, 0.5) is 0 Å². The van der Waals surface area contributed by atoms with E-state index in [1.54, 1.807) is 0 Å². The summed E-state index contributed by atoms with van der Waals surface area (Å²) in [5, 5.41) is 3.43. The summed E-state index contributed by atoms with van der Waals surface area (Å²) in [6.07, 6.45) is 6.51. The molecule has 0 amide bonds. The van der Waals surface area contributed by atoms with E-state index < -0.39 is 0 Å². The second-order valence-corrected chi connectivity index (χ2v) is 4.61. The number of benzene rings is 1. The predicted molar refractivity (Wildman–Crippen MR) is 79.4 cm³/mol. The molecule has 0 saturated heterocycles. The highest BCUT2D eigenvalue weighted by Crippen LogP contribution is 2.07. The second-order valence-electron chi connectivity index (χ2n) is 4.20. The molecule has 17 heavy (non-hydrogen) atoms. The molecule has 0 aliphatic carbocycles. The van der Waals surface area contributed by atoms with Crippen LogP contribution < -0.4 is 5.32 Å². The quantitative estimate of drug-likeness (QED) is 0.575. The fraction of sp³-hybridized carbons (Fsp3) is 0.400. The molecule has 1 aromatic rings.